The van der Waals surface area contributed by atoms with Crippen molar-refractivity contribution in [3.05, 3.63) is 51.4 Å². The Morgan fingerprint density at radius 1 is 1.28 bits per heavy atom. The predicted molar refractivity (Wildman–Crippen MR) is 96.0 cm³/mol. The minimum atomic E-state index is -0.371. The van der Waals surface area contributed by atoms with E-state index < -0.39 is 0 Å². The maximum atomic E-state index is 12.7. The van der Waals surface area contributed by atoms with Crippen LogP contribution in [-0.4, -0.2) is 37.5 Å². The van der Waals surface area contributed by atoms with Gasteiger partial charge in [0, 0.05) is 18.0 Å². The molecule has 2 aliphatic heterocycles. The fraction of sp³-hybridized carbons (Fsp3) is 0.333. The van der Waals surface area contributed by atoms with E-state index in [1.54, 1.807) is 23.5 Å². The van der Waals surface area contributed by atoms with E-state index in [0.29, 0.717) is 5.56 Å². The van der Waals surface area contributed by atoms with Crippen molar-refractivity contribution in [2.24, 2.45) is 0 Å². The van der Waals surface area contributed by atoms with Crippen LogP contribution in [0.1, 0.15) is 42.9 Å². The molecule has 0 spiro atoms. The van der Waals surface area contributed by atoms with Crippen molar-refractivity contribution >= 4 is 28.2 Å². The van der Waals surface area contributed by atoms with Crippen LogP contribution in [0.5, 0.6) is 0 Å². The first-order valence-electron chi connectivity index (χ1n) is 8.15. The number of carbonyl (C=O) groups excluding carboxylic acids is 2. The normalized spacial score (nSPS) is 19.4. The predicted octanol–water partition coefficient (Wildman–Crippen LogP) is 2.38. The lowest BCUT2D eigenvalue weighted by Gasteiger charge is -2.27. The Labute approximate surface area is 149 Å². The van der Waals surface area contributed by atoms with E-state index in [-0.39, 0.29) is 18.0 Å². The number of esters is 1. The number of likely N-dealkylation sites (N-methyl/N-ethyl adjacent to an activating group) is 1. The number of carbonyl (C=O) groups is 2. The highest BCUT2D eigenvalue weighted by Gasteiger charge is 2.32. The van der Waals surface area contributed by atoms with Crippen LogP contribution in [0.15, 0.2) is 24.3 Å². The van der Waals surface area contributed by atoms with Crippen LogP contribution in [0.2, 0.25) is 0 Å². The van der Waals surface area contributed by atoms with Gasteiger partial charge in [0.1, 0.15) is 11.2 Å². The zero-order valence-electron chi connectivity index (χ0n) is 14.1. The molecular formula is C18H19N3O3S. The molecule has 1 amide bonds. The molecule has 3 heterocycles. The number of hydrogen-bond acceptors (Lipinski definition) is 6. The number of benzene rings is 1. The van der Waals surface area contributed by atoms with Gasteiger partial charge in [-0.3, -0.25) is 4.79 Å². The summed E-state index contributed by atoms with van der Waals surface area (Å²) in [5.74, 6) is -0.401. The van der Waals surface area contributed by atoms with Crippen LogP contribution in [0.3, 0.4) is 0 Å². The van der Waals surface area contributed by atoms with Gasteiger partial charge in [-0.05, 0) is 36.7 Å². The lowest BCUT2D eigenvalue weighted by atomic mass is 10.0. The number of hydrogen-bond donors (Lipinski definition) is 2. The van der Waals surface area contributed by atoms with E-state index in [1.807, 2.05) is 12.1 Å². The highest BCUT2D eigenvalue weighted by Crippen LogP contribution is 2.40. The number of nitrogens with zero attached hydrogens (tertiary/aromatic N) is 1. The summed E-state index contributed by atoms with van der Waals surface area (Å²) in [4.78, 5) is 27.8. The third-order valence-electron chi connectivity index (χ3n) is 4.69. The fourth-order valence-corrected chi connectivity index (χ4v) is 4.69. The third-order valence-corrected chi connectivity index (χ3v) is 5.84. The smallest absolute Gasteiger partial charge is 0.337 e. The molecule has 25 heavy (non-hydrogen) atoms. The van der Waals surface area contributed by atoms with Gasteiger partial charge >= 0.3 is 5.97 Å². The zero-order valence-corrected chi connectivity index (χ0v) is 14.9. The van der Waals surface area contributed by atoms with Crippen LogP contribution >= 0.6 is 11.3 Å². The van der Waals surface area contributed by atoms with Gasteiger partial charge in [-0.1, -0.05) is 12.1 Å². The van der Waals surface area contributed by atoms with E-state index in [2.05, 4.69) is 22.6 Å². The molecule has 0 unspecified atom stereocenters. The highest BCUT2D eigenvalue weighted by atomic mass is 32.1. The molecule has 1 aromatic heterocycles. The minimum Gasteiger partial charge on any atom is -0.465 e. The van der Waals surface area contributed by atoms with Crippen molar-refractivity contribution in [1.82, 2.24) is 10.2 Å². The molecule has 0 fully saturated rings. The van der Waals surface area contributed by atoms with Crippen LogP contribution in [0, 0.1) is 0 Å². The summed E-state index contributed by atoms with van der Waals surface area (Å²) < 4.78 is 4.71. The topological polar surface area (TPSA) is 70.7 Å². The van der Waals surface area contributed by atoms with Crippen molar-refractivity contribution in [3.63, 3.8) is 0 Å². The molecule has 0 saturated carbocycles. The van der Waals surface area contributed by atoms with E-state index in [4.69, 9.17) is 4.74 Å². The van der Waals surface area contributed by atoms with Gasteiger partial charge in [-0.2, -0.15) is 0 Å². The van der Waals surface area contributed by atoms with Gasteiger partial charge in [0.05, 0.1) is 18.2 Å². The number of amides is 1. The maximum absolute atomic E-state index is 12.7. The fourth-order valence-electron chi connectivity index (χ4n) is 3.34. The number of thiophene rings is 1. The quantitative estimate of drug-likeness (QED) is 0.808. The molecule has 4 rings (SSSR count). The van der Waals surface area contributed by atoms with Gasteiger partial charge in [0.2, 0.25) is 0 Å². The molecule has 2 aliphatic rings. The molecule has 1 aromatic carbocycles. The first-order chi connectivity index (χ1) is 12.1. The summed E-state index contributed by atoms with van der Waals surface area (Å²) in [5, 5.41) is 7.39. The van der Waals surface area contributed by atoms with Gasteiger partial charge in [0.15, 0.2) is 0 Å². The number of ether oxygens (including phenoxy) is 1. The lowest BCUT2D eigenvalue weighted by molar-refractivity contribution is 0.0600. The Morgan fingerprint density at radius 3 is 2.76 bits per heavy atom. The second-order valence-corrected chi connectivity index (χ2v) is 7.47. The van der Waals surface area contributed by atoms with Crippen LogP contribution in [0.4, 0.5) is 5.00 Å². The van der Waals surface area contributed by atoms with Gasteiger partial charge in [0.25, 0.3) is 5.91 Å². The second-order valence-electron chi connectivity index (χ2n) is 6.36. The third kappa shape index (κ3) is 2.79. The Bertz CT molecular complexity index is 844. The average molecular weight is 357 g/mol. The van der Waals surface area contributed by atoms with E-state index in [1.165, 1.54) is 17.6 Å². The van der Waals surface area contributed by atoms with Crippen molar-refractivity contribution < 1.29 is 14.3 Å². The van der Waals surface area contributed by atoms with Gasteiger partial charge in [-0.15, -0.1) is 11.3 Å². The SMILES string of the molecule is COC(=O)c1ccc([C@H]2NC(=O)c3c(sc4c3CCN(C)C4)N2)cc1. The van der Waals surface area contributed by atoms with Crippen molar-refractivity contribution in [2.75, 3.05) is 26.0 Å². The molecule has 130 valence electrons. The summed E-state index contributed by atoms with van der Waals surface area (Å²) in [6.07, 6.45) is 0.607. The van der Waals surface area contributed by atoms with Gasteiger partial charge in [-0.25, -0.2) is 4.79 Å². The van der Waals surface area contributed by atoms with Gasteiger partial charge < -0.3 is 20.3 Å². The minimum absolute atomic E-state index is 0.0298. The van der Waals surface area contributed by atoms with Crippen LogP contribution in [0.25, 0.3) is 0 Å². The number of anilines is 1. The number of fused-ring (bicyclic) bond motifs is 3. The highest BCUT2D eigenvalue weighted by molar-refractivity contribution is 7.16. The van der Waals surface area contributed by atoms with Crippen molar-refractivity contribution in [2.45, 2.75) is 19.1 Å². The average Bonchev–Trinajstić information content (AvgIpc) is 2.98. The van der Waals surface area contributed by atoms with Crippen LogP contribution in [-0.2, 0) is 17.7 Å². The first-order valence-corrected chi connectivity index (χ1v) is 8.97. The second kappa shape index (κ2) is 6.16. The summed E-state index contributed by atoms with van der Waals surface area (Å²) in [7, 11) is 3.46. The molecule has 7 heteroatoms. The zero-order chi connectivity index (χ0) is 17.6. The molecule has 2 aromatic rings. The molecule has 6 nitrogen and oxygen atoms in total. The Hall–Kier alpha value is -2.38. The molecule has 2 N–H and O–H groups in total. The molecular weight excluding hydrogens is 338 g/mol. The van der Waals surface area contributed by atoms with Crippen molar-refractivity contribution in [3.8, 4) is 0 Å². The Morgan fingerprint density at radius 2 is 2.04 bits per heavy atom. The number of rotatable bonds is 2. The Balaban J connectivity index is 1.61. The Kier molecular flexibility index (Phi) is 3.97. The largest absolute Gasteiger partial charge is 0.465 e. The van der Waals surface area contributed by atoms with E-state index in [9.17, 15) is 9.59 Å². The number of methoxy groups -OCH3 is 1. The standard InChI is InChI=1S/C18H19N3O3S/c1-21-8-7-12-13(9-21)25-17-14(12)16(22)19-15(20-17)10-3-5-11(6-4-10)18(23)24-2/h3-6,15,20H,7-9H2,1-2H3,(H,19,22)/t15-/m0/s1. The van der Waals surface area contributed by atoms with E-state index in [0.717, 1.165) is 35.6 Å². The maximum Gasteiger partial charge on any atom is 0.337 e. The summed E-state index contributed by atoms with van der Waals surface area (Å²) in [6.45, 7) is 1.86. The van der Waals surface area contributed by atoms with Crippen LogP contribution < -0.4 is 10.6 Å². The molecule has 0 aliphatic carbocycles. The monoisotopic (exact) mass is 357 g/mol. The first kappa shape index (κ1) is 16.1. The summed E-state index contributed by atoms with van der Waals surface area (Å²) >= 11 is 1.67. The molecule has 0 radical (unpaired) electrons. The molecule has 0 bridgehead atoms. The molecule has 1 atom stereocenters. The van der Waals surface area contributed by atoms with Crippen molar-refractivity contribution in [1.29, 1.82) is 0 Å². The lowest BCUT2D eigenvalue weighted by Crippen LogP contribution is -2.38. The number of nitrogens with one attached hydrogen (secondary N) is 2. The summed E-state index contributed by atoms with van der Waals surface area (Å²) in [5.41, 5.74) is 3.37. The van der Waals surface area contributed by atoms with E-state index >= 15 is 0 Å². The molecule has 0 saturated heterocycles. The summed E-state index contributed by atoms with van der Waals surface area (Å²) in [6, 6.07) is 7.07.